The molecule has 9 nitrogen and oxygen atoms in total. The highest BCUT2D eigenvalue weighted by Crippen LogP contribution is 2.28. The quantitative estimate of drug-likeness (QED) is 0.530. The molecule has 2 aromatic rings. The Hall–Kier alpha value is -2.18. The summed E-state index contributed by atoms with van der Waals surface area (Å²) in [5, 5.41) is 2.78. The zero-order valence-electron chi connectivity index (χ0n) is 18.2. The van der Waals surface area contributed by atoms with Crippen molar-refractivity contribution in [1.29, 1.82) is 0 Å². The highest BCUT2D eigenvalue weighted by molar-refractivity contribution is 7.89. The molecule has 1 N–H and O–H groups in total. The molecule has 0 radical (unpaired) electrons. The number of hydrogen-bond acceptors (Lipinski definition) is 6. The number of nitrogens with one attached hydrogen (secondary N) is 1. The summed E-state index contributed by atoms with van der Waals surface area (Å²) in [6.07, 6.45) is 0. The van der Waals surface area contributed by atoms with Crippen LogP contribution in [0.15, 0.2) is 52.3 Å². The van der Waals surface area contributed by atoms with E-state index in [-0.39, 0.29) is 21.4 Å². The number of likely N-dealkylation sites (N-methyl/N-ethyl adjacent to an activating group) is 1. The first-order chi connectivity index (χ1) is 14.9. The normalized spacial score (nSPS) is 12.2. The Kier molecular flexibility index (Phi) is 8.66. The van der Waals surface area contributed by atoms with Gasteiger partial charge in [-0.05, 0) is 42.8 Å². The van der Waals surface area contributed by atoms with Gasteiger partial charge in [-0.25, -0.2) is 21.1 Å². The molecular formula is C20H26ClN3O6S2. The van der Waals surface area contributed by atoms with Crippen molar-refractivity contribution in [3.63, 3.8) is 0 Å². The van der Waals surface area contributed by atoms with E-state index in [9.17, 15) is 21.6 Å². The molecule has 2 aromatic carbocycles. The molecule has 1 amide bonds. The summed E-state index contributed by atoms with van der Waals surface area (Å²) in [5.74, 6) is -0.143. The van der Waals surface area contributed by atoms with Gasteiger partial charge in [0, 0.05) is 27.7 Å². The molecule has 0 unspecified atom stereocenters. The third-order valence-electron chi connectivity index (χ3n) is 4.47. The van der Waals surface area contributed by atoms with Crippen LogP contribution in [0, 0.1) is 0 Å². The van der Waals surface area contributed by atoms with Gasteiger partial charge in [0.1, 0.15) is 5.75 Å². The number of halogens is 1. The van der Waals surface area contributed by atoms with Gasteiger partial charge in [0.05, 0.1) is 28.0 Å². The van der Waals surface area contributed by atoms with Gasteiger partial charge in [0.2, 0.25) is 26.0 Å². The van der Waals surface area contributed by atoms with Crippen LogP contribution in [0.2, 0.25) is 5.02 Å². The van der Waals surface area contributed by atoms with Gasteiger partial charge in [-0.3, -0.25) is 4.79 Å². The van der Waals surface area contributed by atoms with Crippen LogP contribution in [0.4, 0.5) is 0 Å². The number of hydrogen-bond donors (Lipinski definition) is 1. The Morgan fingerprint density at radius 3 is 2.09 bits per heavy atom. The molecule has 0 heterocycles. The fourth-order valence-electron chi connectivity index (χ4n) is 2.63. The highest BCUT2D eigenvalue weighted by atomic mass is 35.5. The van der Waals surface area contributed by atoms with Crippen molar-refractivity contribution < 1.29 is 26.4 Å². The first-order valence-electron chi connectivity index (χ1n) is 9.56. The molecule has 0 saturated heterocycles. The number of sulfonamides is 2. The standard InChI is InChI=1S/C20H26ClN3O6S2/c1-5-30-19-11-10-17(12-18(19)21)32(28,29)24(4)14-20(25)22-13-15-6-8-16(9-7-15)31(26,27)23(2)3/h6-12H,5,13-14H2,1-4H3,(H,22,25). The number of carbonyl (C=O) groups excluding carboxylic acids is 1. The van der Waals surface area contributed by atoms with E-state index < -0.39 is 32.5 Å². The maximum Gasteiger partial charge on any atom is 0.243 e. The van der Waals surface area contributed by atoms with Gasteiger partial charge in [0.25, 0.3) is 0 Å². The zero-order valence-corrected chi connectivity index (χ0v) is 20.6. The number of rotatable bonds is 10. The second-order valence-electron chi connectivity index (χ2n) is 6.99. The fraction of sp³-hybridized carbons (Fsp3) is 0.350. The minimum absolute atomic E-state index is 0.0565. The smallest absolute Gasteiger partial charge is 0.243 e. The molecule has 0 aliphatic heterocycles. The average Bonchev–Trinajstić information content (AvgIpc) is 2.73. The van der Waals surface area contributed by atoms with E-state index in [1.165, 1.54) is 51.5 Å². The molecule has 0 fully saturated rings. The first-order valence-corrected chi connectivity index (χ1v) is 12.8. The maximum absolute atomic E-state index is 12.7. The summed E-state index contributed by atoms with van der Waals surface area (Å²) in [7, 11) is -3.31. The topological polar surface area (TPSA) is 113 Å². The van der Waals surface area contributed by atoms with E-state index >= 15 is 0 Å². The van der Waals surface area contributed by atoms with Crippen LogP contribution < -0.4 is 10.1 Å². The van der Waals surface area contributed by atoms with Gasteiger partial charge in [-0.1, -0.05) is 23.7 Å². The van der Waals surface area contributed by atoms with Gasteiger partial charge in [0.15, 0.2) is 0 Å². The van der Waals surface area contributed by atoms with Crippen LogP contribution in [0.5, 0.6) is 5.75 Å². The Labute approximate surface area is 194 Å². The zero-order chi connectivity index (χ0) is 24.1. The fourth-order valence-corrected chi connectivity index (χ4v) is 4.98. The molecule has 0 aliphatic rings. The summed E-state index contributed by atoms with van der Waals surface area (Å²) in [5.41, 5.74) is 0.667. The molecule has 12 heteroatoms. The molecule has 0 spiro atoms. The number of amides is 1. The van der Waals surface area contributed by atoms with Crippen molar-refractivity contribution in [2.75, 3.05) is 34.3 Å². The van der Waals surface area contributed by atoms with E-state index in [2.05, 4.69) is 5.32 Å². The Morgan fingerprint density at radius 1 is 0.969 bits per heavy atom. The predicted octanol–water partition coefficient (Wildman–Crippen LogP) is 1.93. The van der Waals surface area contributed by atoms with Crippen molar-refractivity contribution in [2.45, 2.75) is 23.3 Å². The number of benzene rings is 2. The van der Waals surface area contributed by atoms with Crippen LogP contribution >= 0.6 is 11.6 Å². The largest absolute Gasteiger partial charge is 0.492 e. The van der Waals surface area contributed by atoms with E-state index in [0.717, 1.165) is 8.61 Å². The molecule has 0 aromatic heterocycles. The number of ether oxygens (including phenoxy) is 1. The first kappa shape index (κ1) is 26.1. The van der Waals surface area contributed by atoms with Crippen molar-refractivity contribution >= 4 is 37.6 Å². The van der Waals surface area contributed by atoms with E-state index in [0.29, 0.717) is 17.9 Å². The van der Waals surface area contributed by atoms with Gasteiger partial charge < -0.3 is 10.1 Å². The van der Waals surface area contributed by atoms with Crippen molar-refractivity contribution in [3.05, 3.63) is 53.1 Å². The van der Waals surface area contributed by atoms with Crippen molar-refractivity contribution in [3.8, 4) is 5.75 Å². The predicted molar refractivity (Wildman–Crippen MR) is 122 cm³/mol. The molecular weight excluding hydrogens is 478 g/mol. The van der Waals surface area contributed by atoms with Gasteiger partial charge >= 0.3 is 0 Å². The molecule has 32 heavy (non-hydrogen) atoms. The molecule has 0 bridgehead atoms. The van der Waals surface area contributed by atoms with Crippen molar-refractivity contribution in [1.82, 2.24) is 13.9 Å². The third kappa shape index (κ3) is 6.20. The second kappa shape index (κ2) is 10.6. The van der Waals surface area contributed by atoms with Crippen LogP contribution in [0.3, 0.4) is 0 Å². The lowest BCUT2D eigenvalue weighted by atomic mass is 10.2. The lowest BCUT2D eigenvalue weighted by molar-refractivity contribution is -0.121. The minimum atomic E-state index is -3.94. The Balaban J connectivity index is 2.00. The van der Waals surface area contributed by atoms with Crippen LogP contribution in [0.1, 0.15) is 12.5 Å². The summed E-state index contributed by atoms with van der Waals surface area (Å²) in [6, 6.07) is 10.2. The SMILES string of the molecule is CCOc1ccc(S(=O)(=O)N(C)CC(=O)NCc2ccc(S(=O)(=O)N(C)C)cc2)cc1Cl. The second-order valence-corrected chi connectivity index (χ2v) is 11.6. The Morgan fingerprint density at radius 2 is 1.56 bits per heavy atom. The van der Waals surface area contributed by atoms with Crippen molar-refractivity contribution in [2.24, 2.45) is 0 Å². The summed E-state index contributed by atoms with van der Waals surface area (Å²) in [4.78, 5) is 12.3. The summed E-state index contributed by atoms with van der Waals surface area (Å²) < 4.78 is 57.0. The van der Waals surface area contributed by atoms with E-state index in [1.54, 1.807) is 19.1 Å². The van der Waals surface area contributed by atoms with Gasteiger partial charge in [-0.2, -0.15) is 4.31 Å². The maximum atomic E-state index is 12.7. The molecule has 0 aliphatic carbocycles. The lowest BCUT2D eigenvalue weighted by Crippen LogP contribution is -2.38. The summed E-state index contributed by atoms with van der Waals surface area (Å²) >= 11 is 6.07. The Bertz CT molecular complexity index is 1170. The van der Waals surface area contributed by atoms with E-state index in [4.69, 9.17) is 16.3 Å². The third-order valence-corrected chi connectivity index (χ3v) is 8.39. The van der Waals surface area contributed by atoms with Gasteiger partial charge in [-0.15, -0.1) is 0 Å². The summed E-state index contributed by atoms with van der Waals surface area (Å²) in [6.45, 7) is 1.89. The molecule has 2 rings (SSSR count). The molecule has 0 saturated carbocycles. The monoisotopic (exact) mass is 503 g/mol. The van der Waals surface area contributed by atoms with Crippen LogP contribution in [-0.2, 0) is 31.4 Å². The van der Waals surface area contributed by atoms with Crippen LogP contribution in [-0.4, -0.2) is 65.6 Å². The average molecular weight is 504 g/mol. The number of nitrogens with zero attached hydrogens (tertiary/aromatic N) is 2. The van der Waals surface area contributed by atoms with Crippen LogP contribution in [0.25, 0.3) is 0 Å². The highest BCUT2D eigenvalue weighted by Gasteiger charge is 2.24. The minimum Gasteiger partial charge on any atom is -0.492 e. The lowest BCUT2D eigenvalue weighted by Gasteiger charge is -2.18. The van der Waals surface area contributed by atoms with E-state index in [1.807, 2.05) is 0 Å². The number of carbonyl (C=O) groups is 1. The molecule has 0 atom stereocenters. The molecule has 176 valence electrons.